The van der Waals surface area contributed by atoms with Gasteiger partial charge >= 0.3 is 0 Å². The third-order valence-electron chi connectivity index (χ3n) is 3.49. The molecule has 3 rings (SSSR count). The summed E-state index contributed by atoms with van der Waals surface area (Å²) >= 11 is 0. The van der Waals surface area contributed by atoms with Crippen molar-refractivity contribution in [1.82, 2.24) is 5.32 Å². The van der Waals surface area contributed by atoms with E-state index in [-0.39, 0.29) is 0 Å². The minimum absolute atomic E-state index is 0.408. The topological polar surface area (TPSA) is 21.3 Å². The van der Waals surface area contributed by atoms with Crippen molar-refractivity contribution in [3.8, 4) is 5.75 Å². The molecule has 1 aliphatic rings. The number of hydrogen-bond acceptors (Lipinski definition) is 2. The molecule has 0 radical (unpaired) electrons. The number of benzene rings is 2. The third-order valence-corrected chi connectivity index (χ3v) is 3.49. The van der Waals surface area contributed by atoms with E-state index < -0.39 is 6.98 Å². The Bertz CT molecular complexity index is 673. The number of hydrogen-bond donors (Lipinski definition) is 1. The number of ether oxygens (including phenoxy) is 1. The second kappa shape index (κ2) is 5.93. The predicted molar refractivity (Wildman–Crippen MR) is 82.8 cm³/mol. The number of fused-ring (bicyclic) bond motifs is 2. The van der Waals surface area contributed by atoms with Gasteiger partial charge in [-0.25, -0.2) is 0 Å². The summed E-state index contributed by atoms with van der Waals surface area (Å²) in [4.78, 5) is 0. The van der Waals surface area contributed by atoms with Crippen molar-refractivity contribution in [1.29, 1.82) is 0 Å². The van der Waals surface area contributed by atoms with Crippen LogP contribution in [0.1, 0.15) is 27.2 Å². The van der Waals surface area contributed by atoms with Gasteiger partial charge in [0.25, 0.3) is 0 Å². The van der Waals surface area contributed by atoms with E-state index >= 15 is 0 Å². The quantitative estimate of drug-likeness (QED) is 0.858. The van der Waals surface area contributed by atoms with E-state index in [4.69, 9.17) is 8.85 Å². The molecule has 0 amide bonds. The molecule has 0 bridgehead atoms. The molecule has 2 heteroatoms. The molecule has 1 N–H and O–H groups in total. The molecule has 0 aliphatic carbocycles. The van der Waals surface area contributed by atoms with Crippen molar-refractivity contribution in [2.24, 2.45) is 0 Å². The first-order valence-corrected chi connectivity index (χ1v) is 6.80. The van der Waals surface area contributed by atoms with Crippen molar-refractivity contribution in [2.75, 3.05) is 13.5 Å². The molecule has 0 saturated carbocycles. The molecule has 1 heterocycles. The van der Waals surface area contributed by atoms with Crippen LogP contribution >= 0.6 is 0 Å². The van der Waals surface area contributed by atoms with Gasteiger partial charge in [-0.1, -0.05) is 48.5 Å². The standard InChI is InChI=1S/C18H19NO/c1-19-12-6-10-16-15-8-3-2-7-14(15)13-20-18-11-5-4-9-17(16)18/h2-5,7-11,19H,6,12-13H2,1H3/i1D3. The Morgan fingerprint density at radius 1 is 1.15 bits per heavy atom. The zero-order chi connectivity index (χ0) is 16.3. The number of rotatable bonds is 3. The summed E-state index contributed by atoms with van der Waals surface area (Å²) in [6.45, 7) is -1.15. The summed E-state index contributed by atoms with van der Waals surface area (Å²) in [5, 5.41) is 2.55. The van der Waals surface area contributed by atoms with Crippen molar-refractivity contribution in [3.63, 3.8) is 0 Å². The maximum Gasteiger partial charge on any atom is 0.127 e. The van der Waals surface area contributed by atoms with Crippen LogP contribution in [-0.2, 0) is 6.61 Å². The van der Waals surface area contributed by atoms with E-state index in [1.165, 1.54) is 0 Å². The van der Waals surface area contributed by atoms with Gasteiger partial charge in [0.05, 0.1) is 0 Å². The van der Waals surface area contributed by atoms with Crippen molar-refractivity contribution < 1.29 is 8.85 Å². The molecule has 2 nitrogen and oxygen atoms in total. The van der Waals surface area contributed by atoms with Crippen LogP contribution in [0.4, 0.5) is 0 Å². The lowest BCUT2D eigenvalue weighted by Crippen LogP contribution is -2.06. The van der Waals surface area contributed by atoms with Crippen molar-refractivity contribution >= 4 is 5.57 Å². The first-order valence-electron chi connectivity index (χ1n) is 8.30. The molecular weight excluding hydrogens is 246 g/mol. The smallest absolute Gasteiger partial charge is 0.127 e. The molecule has 1 aliphatic heterocycles. The van der Waals surface area contributed by atoms with Gasteiger partial charge in [-0.2, -0.15) is 0 Å². The maximum absolute atomic E-state index is 7.21. The summed E-state index contributed by atoms with van der Waals surface area (Å²) in [6, 6.07) is 16.1. The zero-order valence-corrected chi connectivity index (χ0v) is 11.2. The second-order valence-electron chi connectivity index (χ2n) is 4.78. The van der Waals surface area contributed by atoms with Crippen LogP contribution in [0.15, 0.2) is 54.6 Å². The minimum Gasteiger partial charge on any atom is -0.488 e. The average Bonchev–Trinajstić information content (AvgIpc) is 2.68. The van der Waals surface area contributed by atoms with Crippen LogP contribution in [0.5, 0.6) is 5.75 Å². The SMILES string of the molecule is [2H]C([2H])([2H])NCCC=C1c2ccccc2COc2ccccc21. The van der Waals surface area contributed by atoms with E-state index in [1.54, 1.807) is 0 Å². The average molecular weight is 268 g/mol. The van der Waals surface area contributed by atoms with E-state index in [2.05, 4.69) is 23.5 Å². The van der Waals surface area contributed by atoms with Gasteiger partial charge in [-0.05, 0) is 42.7 Å². The van der Waals surface area contributed by atoms with Crippen LogP contribution in [0.2, 0.25) is 0 Å². The highest BCUT2D eigenvalue weighted by atomic mass is 16.5. The Morgan fingerprint density at radius 3 is 2.85 bits per heavy atom. The van der Waals surface area contributed by atoms with E-state index in [1.807, 2.05) is 36.4 Å². The Hall–Kier alpha value is -2.06. The van der Waals surface area contributed by atoms with Gasteiger partial charge in [0.1, 0.15) is 12.4 Å². The highest BCUT2D eigenvalue weighted by Crippen LogP contribution is 2.36. The molecule has 0 aromatic heterocycles. The maximum atomic E-state index is 7.21. The molecule has 0 saturated heterocycles. The molecule has 2 aromatic rings. The predicted octanol–water partition coefficient (Wildman–Crippen LogP) is 3.62. The Balaban J connectivity index is 1.94. The molecule has 102 valence electrons. The first kappa shape index (κ1) is 9.78. The van der Waals surface area contributed by atoms with Crippen molar-refractivity contribution in [2.45, 2.75) is 13.0 Å². The lowest BCUT2D eigenvalue weighted by Gasteiger charge is -2.10. The van der Waals surface area contributed by atoms with Crippen LogP contribution in [0.25, 0.3) is 5.57 Å². The van der Waals surface area contributed by atoms with E-state index in [0.717, 1.165) is 28.0 Å². The molecule has 2 aromatic carbocycles. The fourth-order valence-corrected chi connectivity index (χ4v) is 2.53. The zero-order valence-electron chi connectivity index (χ0n) is 14.2. The summed E-state index contributed by atoms with van der Waals surface area (Å²) in [5.41, 5.74) is 4.43. The van der Waals surface area contributed by atoms with Crippen LogP contribution in [0.3, 0.4) is 0 Å². The molecule has 0 fully saturated rings. The molecule has 0 atom stereocenters. The van der Waals surface area contributed by atoms with Crippen molar-refractivity contribution in [3.05, 3.63) is 71.3 Å². The Kier molecular flexibility index (Phi) is 2.90. The van der Waals surface area contributed by atoms with Gasteiger partial charge in [0.2, 0.25) is 0 Å². The first-order chi connectivity index (χ1) is 11.0. The van der Waals surface area contributed by atoms with E-state index in [0.29, 0.717) is 19.6 Å². The summed E-state index contributed by atoms with van der Waals surface area (Å²) in [6.07, 6.45) is 2.72. The summed E-state index contributed by atoms with van der Waals surface area (Å²) < 4.78 is 27.5. The molecule has 20 heavy (non-hydrogen) atoms. The lowest BCUT2D eigenvalue weighted by atomic mass is 9.93. The normalized spacial score (nSPS) is 18.0. The Labute approximate surface area is 124 Å². The number of para-hydroxylation sites is 1. The van der Waals surface area contributed by atoms with Gasteiger partial charge in [-0.15, -0.1) is 0 Å². The molecule has 0 unspecified atom stereocenters. The summed E-state index contributed by atoms with van der Waals surface area (Å²) in [7, 11) is 0. The monoisotopic (exact) mass is 268 g/mol. The number of nitrogens with one attached hydrogen (secondary N) is 1. The van der Waals surface area contributed by atoms with Crippen LogP contribution in [0, 0.1) is 0 Å². The lowest BCUT2D eigenvalue weighted by molar-refractivity contribution is 0.307. The third kappa shape index (κ3) is 2.47. The fraction of sp³-hybridized carbons (Fsp3) is 0.222. The summed E-state index contributed by atoms with van der Waals surface area (Å²) in [5.74, 6) is 0.860. The van der Waals surface area contributed by atoms with Crippen LogP contribution in [-0.4, -0.2) is 13.5 Å². The van der Waals surface area contributed by atoms with Gasteiger partial charge in [0, 0.05) is 9.68 Å². The highest BCUT2D eigenvalue weighted by Gasteiger charge is 2.17. The fourth-order valence-electron chi connectivity index (χ4n) is 2.53. The second-order valence-corrected chi connectivity index (χ2v) is 4.78. The molecule has 0 spiro atoms. The van der Waals surface area contributed by atoms with E-state index in [9.17, 15) is 0 Å². The van der Waals surface area contributed by atoms with Gasteiger partial charge in [-0.3, -0.25) is 0 Å². The van der Waals surface area contributed by atoms with Gasteiger partial charge < -0.3 is 10.1 Å². The Morgan fingerprint density at radius 2 is 1.95 bits per heavy atom. The van der Waals surface area contributed by atoms with Crippen LogP contribution < -0.4 is 10.1 Å². The minimum atomic E-state index is -2.10. The largest absolute Gasteiger partial charge is 0.488 e. The molecular formula is C18H19NO. The highest BCUT2D eigenvalue weighted by molar-refractivity contribution is 5.84. The van der Waals surface area contributed by atoms with Gasteiger partial charge in [0.15, 0.2) is 0 Å².